The minimum atomic E-state index is -0.521. The van der Waals surface area contributed by atoms with E-state index in [1.165, 1.54) is 12.1 Å². The molecule has 0 saturated carbocycles. The molecule has 1 aromatic carbocycles. The molecule has 0 spiro atoms. The lowest BCUT2D eigenvalue weighted by Crippen LogP contribution is -2.36. The SMILES string of the molecule is O=C(Cc1ccc(F)c(Cl)c1)C1COCCO1. The largest absolute Gasteiger partial charge is 0.376 e. The van der Waals surface area contributed by atoms with Crippen molar-refractivity contribution in [2.24, 2.45) is 0 Å². The van der Waals surface area contributed by atoms with Crippen molar-refractivity contribution in [1.82, 2.24) is 0 Å². The topological polar surface area (TPSA) is 35.5 Å². The van der Waals surface area contributed by atoms with Gasteiger partial charge >= 0.3 is 0 Å². The average molecular weight is 259 g/mol. The Morgan fingerprint density at radius 2 is 2.29 bits per heavy atom. The number of benzene rings is 1. The van der Waals surface area contributed by atoms with Crippen LogP contribution in [0.25, 0.3) is 0 Å². The van der Waals surface area contributed by atoms with Gasteiger partial charge in [0.25, 0.3) is 0 Å². The second-order valence-electron chi connectivity index (χ2n) is 3.83. The zero-order valence-corrected chi connectivity index (χ0v) is 9.87. The van der Waals surface area contributed by atoms with Gasteiger partial charge in [-0.15, -0.1) is 0 Å². The van der Waals surface area contributed by atoms with E-state index in [0.717, 1.165) is 0 Å². The van der Waals surface area contributed by atoms with Crippen LogP contribution in [-0.4, -0.2) is 31.7 Å². The minimum absolute atomic E-state index is 0.0242. The Hall–Kier alpha value is -0.970. The lowest BCUT2D eigenvalue weighted by atomic mass is 10.1. The van der Waals surface area contributed by atoms with Crippen molar-refractivity contribution in [2.75, 3.05) is 19.8 Å². The van der Waals surface area contributed by atoms with Crippen LogP contribution in [0, 0.1) is 5.82 Å². The molecular weight excluding hydrogens is 247 g/mol. The van der Waals surface area contributed by atoms with Gasteiger partial charge in [0.05, 0.1) is 24.8 Å². The summed E-state index contributed by atoms with van der Waals surface area (Å²) in [7, 11) is 0. The summed E-state index contributed by atoms with van der Waals surface area (Å²) in [6.07, 6.45) is -0.346. The van der Waals surface area contributed by atoms with Crippen LogP contribution in [-0.2, 0) is 20.7 Å². The summed E-state index contributed by atoms with van der Waals surface area (Å²) in [6, 6.07) is 4.25. The van der Waals surface area contributed by atoms with Gasteiger partial charge in [0.1, 0.15) is 11.9 Å². The number of carbonyl (C=O) groups excluding carboxylic acids is 1. The molecule has 17 heavy (non-hydrogen) atoms. The van der Waals surface area contributed by atoms with Crippen LogP contribution in [0.15, 0.2) is 18.2 Å². The van der Waals surface area contributed by atoms with E-state index in [1.54, 1.807) is 6.07 Å². The van der Waals surface area contributed by atoms with E-state index in [2.05, 4.69) is 0 Å². The molecule has 0 radical (unpaired) electrons. The molecule has 1 fully saturated rings. The summed E-state index contributed by atoms with van der Waals surface area (Å²) >= 11 is 5.64. The van der Waals surface area contributed by atoms with E-state index in [0.29, 0.717) is 18.8 Å². The van der Waals surface area contributed by atoms with Gasteiger partial charge in [-0.05, 0) is 17.7 Å². The van der Waals surface area contributed by atoms with Gasteiger partial charge in [-0.1, -0.05) is 17.7 Å². The number of hydrogen-bond donors (Lipinski definition) is 0. The molecule has 1 aromatic rings. The molecule has 3 nitrogen and oxygen atoms in total. The van der Waals surface area contributed by atoms with Gasteiger partial charge < -0.3 is 9.47 Å². The number of Topliss-reactive ketones (excluding diaryl/α,β-unsaturated/α-hetero) is 1. The molecular formula is C12H12ClFO3. The normalized spacial score (nSPS) is 20.2. The molecule has 0 aromatic heterocycles. The summed E-state index contributed by atoms with van der Waals surface area (Å²) in [4.78, 5) is 11.8. The molecule has 0 aliphatic carbocycles. The minimum Gasteiger partial charge on any atom is -0.376 e. The Bertz CT molecular complexity index is 416. The monoisotopic (exact) mass is 258 g/mol. The van der Waals surface area contributed by atoms with Crippen LogP contribution in [0.4, 0.5) is 4.39 Å². The summed E-state index contributed by atoms with van der Waals surface area (Å²) < 4.78 is 23.4. The molecule has 1 aliphatic rings. The third-order valence-corrected chi connectivity index (χ3v) is 2.83. The predicted octanol–water partition coefficient (Wildman–Crippen LogP) is 2.01. The highest BCUT2D eigenvalue weighted by Gasteiger charge is 2.22. The number of hydrogen-bond acceptors (Lipinski definition) is 3. The summed E-state index contributed by atoms with van der Waals surface area (Å²) in [5.74, 6) is -0.563. The molecule has 1 aliphatic heterocycles. The molecule has 1 saturated heterocycles. The zero-order valence-electron chi connectivity index (χ0n) is 9.12. The van der Waals surface area contributed by atoms with Gasteiger partial charge in [-0.2, -0.15) is 0 Å². The van der Waals surface area contributed by atoms with Crippen molar-refractivity contribution >= 4 is 17.4 Å². The van der Waals surface area contributed by atoms with Crippen molar-refractivity contribution < 1.29 is 18.7 Å². The zero-order chi connectivity index (χ0) is 12.3. The molecule has 1 atom stereocenters. The molecule has 0 bridgehead atoms. The van der Waals surface area contributed by atoms with Crippen LogP contribution in [0.5, 0.6) is 0 Å². The first-order chi connectivity index (χ1) is 8.16. The van der Waals surface area contributed by atoms with Gasteiger partial charge in [0.2, 0.25) is 0 Å². The van der Waals surface area contributed by atoms with Crippen molar-refractivity contribution in [3.63, 3.8) is 0 Å². The lowest BCUT2D eigenvalue weighted by Gasteiger charge is -2.21. The van der Waals surface area contributed by atoms with Gasteiger partial charge in [0, 0.05) is 6.42 Å². The molecule has 1 unspecified atom stereocenters. The van der Waals surface area contributed by atoms with Crippen LogP contribution in [0.2, 0.25) is 5.02 Å². The Labute approximate surface area is 103 Å². The van der Waals surface area contributed by atoms with Crippen LogP contribution in [0.1, 0.15) is 5.56 Å². The number of ketones is 1. The Balaban J connectivity index is 1.99. The first-order valence-corrected chi connectivity index (χ1v) is 5.70. The number of rotatable bonds is 3. The van der Waals surface area contributed by atoms with E-state index in [9.17, 15) is 9.18 Å². The maximum atomic E-state index is 12.9. The molecule has 2 rings (SSSR count). The van der Waals surface area contributed by atoms with Crippen molar-refractivity contribution in [1.29, 1.82) is 0 Å². The Morgan fingerprint density at radius 1 is 1.47 bits per heavy atom. The molecule has 5 heteroatoms. The summed E-state index contributed by atoms with van der Waals surface area (Å²) in [6.45, 7) is 1.24. The molecule has 1 heterocycles. The maximum absolute atomic E-state index is 12.9. The van der Waals surface area contributed by atoms with Gasteiger partial charge in [0.15, 0.2) is 5.78 Å². The third kappa shape index (κ3) is 3.25. The molecule has 0 amide bonds. The van der Waals surface area contributed by atoms with Gasteiger partial charge in [-0.25, -0.2) is 4.39 Å². The Kier molecular flexibility index (Phi) is 4.10. The van der Waals surface area contributed by atoms with E-state index in [1.807, 2.05) is 0 Å². The average Bonchev–Trinajstić information content (AvgIpc) is 2.35. The lowest BCUT2D eigenvalue weighted by molar-refractivity contribution is -0.144. The molecule has 0 N–H and O–H groups in total. The second kappa shape index (κ2) is 5.58. The highest BCUT2D eigenvalue weighted by molar-refractivity contribution is 6.30. The highest BCUT2D eigenvalue weighted by atomic mass is 35.5. The van der Waals surface area contributed by atoms with E-state index in [-0.39, 0.29) is 23.8 Å². The van der Waals surface area contributed by atoms with Crippen molar-refractivity contribution in [3.8, 4) is 0 Å². The first-order valence-electron chi connectivity index (χ1n) is 5.33. The van der Waals surface area contributed by atoms with Crippen molar-refractivity contribution in [3.05, 3.63) is 34.6 Å². The van der Waals surface area contributed by atoms with E-state index >= 15 is 0 Å². The van der Waals surface area contributed by atoms with E-state index < -0.39 is 11.9 Å². The standard InChI is InChI=1S/C12H12ClFO3/c13-9-5-8(1-2-10(9)14)6-11(15)12-7-16-3-4-17-12/h1-2,5,12H,3-4,6-7H2. The summed E-state index contributed by atoms with van der Waals surface area (Å²) in [5, 5.41) is 0.0242. The van der Waals surface area contributed by atoms with Crippen LogP contribution in [0.3, 0.4) is 0 Å². The Morgan fingerprint density at radius 3 is 2.94 bits per heavy atom. The van der Waals surface area contributed by atoms with Crippen LogP contribution >= 0.6 is 11.6 Å². The number of halogens is 2. The quantitative estimate of drug-likeness (QED) is 0.832. The van der Waals surface area contributed by atoms with Gasteiger partial charge in [-0.3, -0.25) is 4.79 Å². The summed E-state index contributed by atoms with van der Waals surface area (Å²) in [5.41, 5.74) is 0.676. The fraction of sp³-hybridized carbons (Fsp3) is 0.417. The molecule has 92 valence electrons. The fourth-order valence-corrected chi connectivity index (χ4v) is 1.84. The predicted molar refractivity (Wildman–Crippen MR) is 60.7 cm³/mol. The number of ether oxygens (including phenoxy) is 2. The maximum Gasteiger partial charge on any atom is 0.168 e. The second-order valence-corrected chi connectivity index (χ2v) is 4.23. The fourth-order valence-electron chi connectivity index (χ4n) is 1.64. The first kappa shape index (κ1) is 12.5. The third-order valence-electron chi connectivity index (χ3n) is 2.54. The van der Waals surface area contributed by atoms with Crippen LogP contribution < -0.4 is 0 Å². The smallest absolute Gasteiger partial charge is 0.168 e. The van der Waals surface area contributed by atoms with Crippen molar-refractivity contribution in [2.45, 2.75) is 12.5 Å². The van der Waals surface area contributed by atoms with E-state index in [4.69, 9.17) is 21.1 Å². The number of carbonyl (C=O) groups is 1. The highest BCUT2D eigenvalue weighted by Crippen LogP contribution is 2.17.